The summed E-state index contributed by atoms with van der Waals surface area (Å²) in [5.74, 6) is 0.522. The Bertz CT molecular complexity index is 989. The Morgan fingerprint density at radius 3 is 2.44 bits per heavy atom. The maximum Gasteiger partial charge on any atom is 0.317 e. The zero-order valence-electron chi connectivity index (χ0n) is 20.4. The number of rotatable bonds is 10. The van der Waals surface area contributed by atoms with E-state index in [1.54, 1.807) is 14.2 Å². The highest BCUT2D eigenvalue weighted by atomic mass is 16.5. The molecule has 2 aromatic rings. The van der Waals surface area contributed by atoms with Crippen molar-refractivity contribution < 1.29 is 19.1 Å². The Morgan fingerprint density at radius 2 is 1.82 bits per heavy atom. The largest absolute Gasteiger partial charge is 0.497 e. The molecule has 34 heavy (non-hydrogen) atoms. The van der Waals surface area contributed by atoms with Crippen LogP contribution in [0, 0.1) is 6.92 Å². The Morgan fingerprint density at radius 1 is 1.12 bits per heavy atom. The third-order valence-electron chi connectivity index (χ3n) is 5.76. The van der Waals surface area contributed by atoms with E-state index in [9.17, 15) is 9.59 Å². The molecule has 0 fully saturated rings. The van der Waals surface area contributed by atoms with Gasteiger partial charge < -0.3 is 19.7 Å². The minimum absolute atomic E-state index is 0.0827. The van der Waals surface area contributed by atoms with Crippen molar-refractivity contribution >= 4 is 17.6 Å². The number of carbonyl (C=O) groups is 2. The van der Waals surface area contributed by atoms with Crippen LogP contribution in [0.3, 0.4) is 0 Å². The molecule has 0 saturated heterocycles. The van der Waals surface area contributed by atoms with Crippen molar-refractivity contribution in [3.05, 3.63) is 65.2 Å². The van der Waals surface area contributed by atoms with Gasteiger partial charge in [0.1, 0.15) is 12.3 Å². The molecule has 0 spiro atoms. The standard InChI is InChI=1S/C26H34N4O4/c1-5-14-27-26(32)29(15-16-33-3)18-25(31)30-24(21-8-6-19(2)7-9-21)17-23(28-30)20-10-12-22(34-4)13-11-20/h6-13,24H,5,14-18H2,1-4H3,(H,27,32)/t24-/m1/s1. The van der Waals surface area contributed by atoms with E-state index in [1.165, 1.54) is 9.91 Å². The van der Waals surface area contributed by atoms with E-state index in [-0.39, 0.29) is 24.5 Å². The summed E-state index contributed by atoms with van der Waals surface area (Å²) in [7, 11) is 3.20. The summed E-state index contributed by atoms with van der Waals surface area (Å²) in [6.45, 7) is 5.14. The summed E-state index contributed by atoms with van der Waals surface area (Å²) < 4.78 is 10.4. The molecular formula is C26H34N4O4. The smallest absolute Gasteiger partial charge is 0.317 e. The maximum absolute atomic E-state index is 13.5. The van der Waals surface area contributed by atoms with E-state index in [4.69, 9.17) is 14.6 Å². The van der Waals surface area contributed by atoms with Gasteiger partial charge in [0.05, 0.1) is 25.5 Å². The normalized spacial score (nSPS) is 15.1. The first-order valence-corrected chi connectivity index (χ1v) is 11.6. The van der Waals surface area contributed by atoms with E-state index in [0.29, 0.717) is 26.1 Å². The number of benzene rings is 2. The highest BCUT2D eigenvalue weighted by molar-refractivity contribution is 6.03. The lowest BCUT2D eigenvalue weighted by Crippen LogP contribution is -2.47. The van der Waals surface area contributed by atoms with E-state index in [2.05, 4.69) is 5.32 Å². The van der Waals surface area contributed by atoms with Crippen molar-refractivity contribution in [3.8, 4) is 5.75 Å². The second kappa shape index (κ2) is 12.2. The van der Waals surface area contributed by atoms with Crippen LogP contribution in [0.1, 0.15) is 42.5 Å². The SMILES string of the molecule is CCCNC(=O)N(CCOC)CC(=O)N1N=C(c2ccc(OC)cc2)C[C@@H]1c1ccc(C)cc1. The van der Waals surface area contributed by atoms with Crippen LogP contribution in [0.25, 0.3) is 0 Å². The molecule has 3 amide bonds. The molecule has 3 rings (SSSR count). The number of nitrogens with zero attached hydrogens (tertiary/aromatic N) is 3. The number of aryl methyl sites for hydroxylation is 1. The summed E-state index contributed by atoms with van der Waals surface area (Å²) in [6, 6.07) is 15.3. The van der Waals surface area contributed by atoms with Gasteiger partial charge in [0.25, 0.3) is 5.91 Å². The van der Waals surface area contributed by atoms with Crippen molar-refractivity contribution in [1.29, 1.82) is 0 Å². The third kappa shape index (κ3) is 6.35. The molecule has 0 aromatic heterocycles. The molecule has 1 N–H and O–H groups in total. The number of carbonyl (C=O) groups excluding carboxylic acids is 2. The predicted octanol–water partition coefficient (Wildman–Crippen LogP) is 3.75. The van der Waals surface area contributed by atoms with E-state index < -0.39 is 0 Å². The third-order valence-corrected chi connectivity index (χ3v) is 5.76. The first kappa shape index (κ1) is 25.2. The Hall–Kier alpha value is -3.39. The molecule has 0 bridgehead atoms. The van der Waals surface area contributed by atoms with Crippen LogP contribution in [0.2, 0.25) is 0 Å². The number of nitrogens with one attached hydrogen (secondary N) is 1. The number of amides is 3. The number of hydrogen-bond donors (Lipinski definition) is 1. The van der Waals surface area contributed by atoms with Gasteiger partial charge >= 0.3 is 6.03 Å². The lowest BCUT2D eigenvalue weighted by molar-refractivity contribution is -0.133. The summed E-state index contributed by atoms with van der Waals surface area (Å²) in [5, 5.41) is 9.09. The van der Waals surface area contributed by atoms with Gasteiger partial charge in [0, 0.05) is 26.6 Å². The fraction of sp³-hybridized carbons (Fsp3) is 0.423. The van der Waals surface area contributed by atoms with E-state index >= 15 is 0 Å². The van der Waals surface area contributed by atoms with Crippen LogP contribution in [0.4, 0.5) is 4.79 Å². The quantitative estimate of drug-likeness (QED) is 0.578. The van der Waals surface area contributed by atoms with Gasteiger partial charge in [-0.25, -0.2) is 9.80 Å². The molecule has 0 aliphatic carbocycles. The van der Waals surface area contributed by atoms with E-state index in [1.807, 2.05) is 62.4 Å². The van der Waals surface area contributed by atoms with Gasteiger partial charge in [-0.15, -0.1) is 0 Å². The molecule has 0 radical (unpaired) electrons. The fourth-order valence-corrected chi connectivity index (χ4v) is 3.78. The minimum Gasteiger partial charge on any atom is -0.497 e. The van der Waals surface area contributed by atoms with Crippen LogP contribution >= 0.6 is 0 Å². The van der Waals surface area contributed by atoms with Crippen LogP contribution in [0.5, 0.6) is 5.75 Å². The summed E-state index contributed by atoms with van der Waals surface area (Å²) in [4.78, 5) is 27.6. The van der Waals surface area contributed by atoms with Gasteiger partial charge in [0.15, 0.2) is 0 Å². The maximum atomic E-state index is 13.5. The number of ether oxygens (including phenoxy) is 2. The number of hydrogen-bond acceptors (Lipinski definition) is 5. The number of hydrazone groups is 1. The van der Waals surface area contributed by atoms with Gasteiger partial charge in [-0.05, 0) is 48.7 Å². The fourth-order valence-electron chi connectivity index (χ4n) is 3.78. The Kier molecular flexibility index (Phi) is 9.04. The number of methoxy groups -OCH3 is 2. The van der Waals surface area contributed by atoms with Crippen molar-refractivity contribution in [3.63, 3.8) is 0 Å². The second-order valence-corrected chi connectivity index (χ2v) is 8.29. The monoisotopic (exact) mass is 466 g/mol. The van der Waals surface area contributed by atoms with Gasteiger partial charge in [-0.1, -0.05) is 36.8 Å². The first-order valence-electron chi connectivity index (χ1n) is 11.6. The second-order valence-electron chi connectivity index (χ2n) is 8.29. The summed E-state index contributed by atoms with van der Waals surface area (Å²) in [5.41, 5.74) is 3.91. The average molecular weight is 467 g/mol. The Balaban J connectivity index is 1.86. The molecule has 0 unspecified atom stereocenters. The molecule has 8 nitrogen and oxygen atoms in total. The highest BCUT2D eigenvalue weighted by Gasteiger charge is 2.34. The summed E-state index contributed by atoms with van der Waals surface area (Å²) in [6.07, 6.45) is 1.40. The molecule has 1 aliphatic rings. The molecule has 182 valence electrons. The van der Waals surface area contributed by atoms with Crippen molar-refractivity contribution in [2.24, 2.45) is 5.10 Å². The molecule has 2 aromatic carbocycles. The zero-order valence-corrected chi connectivity index (χ0v) is 20.4. The van der Waals surface area contributed by atoms with E-state index in [0.717, 1.165) is 34.6 Å². The van der Waals surface area contributed by atoms with Gasteiger partial charge in [0.2, 0.25) is 0 Å². The van der Waals surface area contributed by atoms with Crippen LogP contribution < -0.4 is 10.1 Å². The van der Waals surface area contributed by atoms with Crippen LogP contribution in [-0.4, -0.2) is 68.0 Å². The first-order chi connectivity index (χ1) is 16.5. The Labute approximate surface area is 201 Å². The zero-order chi connectivity index (χ0) is 24.5. The van der Waals surface area contributed by atoms with Crippen molar-refractivity contribution in [2.75, 3.05) is 40.5 Å². The van der Waals surface area contributed by atoms with Crippen molar-refractivity contribution in [1.82, 2.24) is 15.2 Å². The lowest BCUT2D eigenvalue weighted by Gasteiger charge is -2.27. The van der Waals surface area contributed by atoms with Gasteiger partial charge in [-0.2, -0.15) is 5.10 Å². The molecule has 1 aliphatic heterocycles. The van der Waals surface area contributed by atoms with Crippen LogP contribution in [0.15, 0.2) is 53.6 Å². The summed E-state index contributed by atoms with van der Waals surface area (Å²) >= 11 is 0. The van der Waals surface area contributed by atoms with Gasteiger partial charge in [-0.3, -0.25) is 4.79 Å². The average Bonchev–Trinajstić information content (AvgIpc) is 3.31. The predicted molar refractivity (Wildman–Crippen MR) is 132 cm³/mol. The van der Waals surface area contributed by atoms with Crippen LogP contribution in [-0.2, 0) is 9.53 Å². The highest BCUT2D eigenvalue weighted by Crippen LogP contribution is 2.33. The molecule has 1 heterocycles. The lowest BCUT2D eigenvalue weighted by atomic mass is 9.97. The van der Waals surface area contributed by atoms with Crippen molar-refractivity contribution in [2.45, 2.75) is 32.7 Å². The molecule has 8 heteroatoms. The molecular weight excluding hydrogens is 432 g/mol. The molecule has 0 saturated carbocycles. The minimum atomic E-state index is -0.280. The number of urea groups is 1. The topological polar surface area (TPSA) is 83.5 Å². The molecule has 1 atom stereocenters.